The first-order valence-electron chi connectivity index (χ1n) is 9.21. The zero-order chi connectivity index (χ0) is 19.8. The normalized spacial score (nSPS) is 10.6. The van der Waals surface area contributed by atoms with E-state index in [0.29, 0.717) is 24.4 Å². The highest BCUT2D eigenvalue weighted by atomic mass is 16.2. The number of carbonyl (C=O) groups is 2. The fourth-order valence-corrected chi connectivity index (χ4v) is 2.56. The molecule has 2 amide bonds. The van der Waals surface area contributed by atoms with Crippen molar-refractivity contribution in [2.75, 3.05) is 11.9 Å². The Morgan fingerprint density at radius 2 is 1.93 bits per heavy atom. The second-order valence-electron chi connectivity index (χ2n) is 6.31. The number of H-pyrrole nitrogens is 1. The Morgan fingerprint density at radius 3 is 2.63 bits per heavy atom. The van der Waals surface area contributed by atoms with Crippen LogP contribution in [0.25, 0.3) is 5.95 Å². The van der Waals surface area contributed by atoms with Crippen LogP contribution in [-0.4, -0.2) is 38.1 Å². The number of rotatable bonds is 8. The summed E-state index contributed by atoms with van der Waals surface area (Å²) in [6.07, 6.45) is 4.33. The van der Waals surface area contributed by atoms with Gasteiger partial charge in [0.1, 0.15) is 5.82 Å². The van der Waals surface area contributed by atoms with Crippen molar-refractivity contribution in [3.05, 3.63) is 33.9 Å². The van der Waals surface area contributed by atoms with Gasteiger partial charge in [-0.1, -0.05) is 33.1 Å². The third-order valence-corrected chi connectivity index (χ3v) is 3.83. The summed E-state index contributed by atoms with van der Waals surface area (Å²) >= 11 is 0. The van der Waals surface area contributed by atoms with E-state index in [2.05, 4.69) is 32.6 Å². The summed E-state index contributed by atoms with van der Waals surface area (Å²) < 4.78 is 1.32. The van der Waals surface area contributed by atoms with Crippen LogP contribution in [0.4, 0.5) is 5.82 Å². The van der Waals surface area contributed by atoms with Crippen molar-refractivity contribution >= 4 is 17.6 Å². The van der Waals surface area contributed by atoms with Crippen LogP contribution in [0.2, 0.25) is 0 Å². The van der Waals surface area contributed by atoms with Crippen molar-refractivity contribution in [2.24, 2.45) is 0 Å². The van der Waals surface area contributed by atoms with Gasteiger partial charge in [-0.15, -0.1) is 0 Å². The molecule has 0 radical (unpaired) electrons. The molecule has 0 aromatic carbocycles. The summed E-state index contributed by atoms with van der Waals surface area (Å²) in [5, 5.41) is 9.37. The highest BCUT2D eigenvalue weighted by Crippen LogP contribution is 2.14. The second kappa shape index (κ2) is 9.65. The molecule has 0 aliphatic rings. The van der Waals surface area contributed by atoms with Crippen molar-refractivity contribution in [2.45, 2.75) is 52.9 Å². The third kappa shape index (κ3) is 5.77. The number of aryl methyl sites for hydroxylation is 2. The highest BCUT2D eigenvalue weighted by molar-refractivity contribution is 6.39. The summed E-state index contributed by atoms with van der Waals surface area (Å²) in [6, 6.07) is 3.04. The molecular formula is C18H26N6O3. The Morgan fingerprint density at radius 1 is 1.15 bits per heavy atom. The van der Waals surface area contributed by atoms with Gasteiger partial charge in [-0.3, -0.25) is 19.4 Å². The molecule has 2 aromatic rings. The number of aromatic amines is 1. The van der Waals surface area contributed by atoms with Gasteiger partial charge in [0.2, 0.25) is 5.95 Å². The maximum atomic E-state index is 12.1. The fraction of sp³-hybridized carbons (Fsp3) is 0.500. The molecular weight excluding hydrogens is 348 g/mol. The van der Waals surface area contributed by atoms with Crippen molar-refractivity contribution in [1.29, 1.82) is 0 Å². The van der Waals surface area contributed by atoms with Gasteiger partial charge in [0.15, 0.2) is 0 Å². The summed E-state index contributed by atoms with van der Waals surface area (Å²) in [5.74, 6) is -1.05. The van der Waals surface area contributed by atoms with E-state index in [-0.39, 0.29) is 17.3 Å². The molecule has 2 aromatic heterocycles. The monoisotopic (exact) mass is 374 g/mol. The highest BCUT2D eigenvalue weighted by Gasteiger charge is 2.18. The third-order valence-electron chi connectivity index (χ3n) is 3.83. The number of nitrogens with zero attached hydrogens (tertiary/aromatic N) is 3. The van der Waals surface area contributed by atoms with Crippen molar-refractivity contribution in [3.63, 3.8) is 0 Å². The van der Waals surface area contributed by atoms with Crippen LogP contribution in [0.5, 0.6) is 0 Å². The number of aromatic nitrogens is 4. The Kier molecular flexibility index (Phi) is 7.27. The fourth-order valence-electron chi connectivity index (χ4n) is 2.56. The molecule has 0 saturated heterocycles. The summed E-state index contributed by atoms with van der Waals surface area (Å²) in [6.45, 7) is 6.24. The molecule has 0 saturated carbocycles. The molecule has 27 heavy (non-hydrogen) atoms. The number of hydrogen-bond donors (Lipinski definition) is 3. The SMILES string of the molecule is CCCCCNC(=O)C(=O)Nc1cc(C)nn1-c1nc(CCC)cc(=O)[nH]1. The molecule has 0 fully saturated rings. The molecule has 0 unspecified atom stereocenters. The van der Waals surface area contributed by atoms with Crippen LogP contribution in [0, 0.1) is 6.92 Å². The summed E-state index contributed by atoms with van der Waals surface area (Å²) in [7, 11) is 0. The summed E-state index contributed by atoms with van der Waals surface area (Å²) in [5.41, 5.74) is 0.940. The van der Waals surface area contributed by atoms with E-state index in [1.807, 2.05) is 6.92 Å². The van der Waals surface area contributed by atoms with Gasteiger partial charge < -0.3 is 10.6 Å². The number of carbonyl (C=O) groups excluding carboxylic acids is 2. The minimum absolute atomic E-state index is 0.192. The molecule has 9 heteroatoms. The van der Waals surface area contributed by atoms with E-state index < -0.39 is 11.8 Å². The Balaban J connectivity index is 2.17. The van der Waals surface area contributed by atoms with Crippen molar-refractivity contribution < 1.29 is 9.59 Å². The minimum Gasteiger partial charge on any atom is -0.348 e. The van der Waals surface area contributed by atoms with Gasteiger partial charge in [0, 0.05) is 24.4 Å². The molecule has 0 bridgehead atoms. The maximum Gasteiger partial charge on any atom is 0.314 e. The molecule has 9 nitrogen and oxygen atoms in total. The van der Waals surface area contributed by atoms with Crippen LogP contribution in [0.15, 0.2) is 16.9 Å². The quantitative estimate of drug-likeness (QED) is 0.477. The van der Waals surface area contributed by atoms with E-state index in [1.165, 1.54) is 10.7 Å². The van der Waals surface area contributed by atoms with Crippen molar-refractivity contribution in [3.8, 4) is 5.95 Å². The van der Waals surface area contributed by atoms with Crippen LogP contribution in [0.1, 0.15) is 50.9 Å². The molecule has 3 N–H and O–H groups in total. The van der Waals surface area contributed by atoms with Gasteiger partial charge in [0.25, 0.3) is 5.56 Å². The van der Waals surface area contributed by atoms with Crippen LogP contribution < -0.4 is 16.2 Å². The minimum atomic E-state index is -0.792. The van der Waals surface area contributed by atoms with E-state index >= 15 is 0 Å². The lowest BCUT2D eigenvalue weighted by Crippen LogP contribution is -2.36. The zero-order valence-corrected chi connectivity index (χ0v) is 16.0. The first-order chi connectivity index (χ1) is 12.9. The average molecular weight is 374 g/mol. The van der Waals surface area contributed by atoms with Gasteiger partial charge in [-0.05, 0) is 19.8 Å². The second-order valence-corrected chi connectivity index (χ2v) is 6.31. The van der Waals surface area contributed by atoms with Gasteiger partial charge in [0.05, 0.1) is 5.69 Å². The first-order valence-corrected chi connectivity index (χ1v) is 9.21. The van der Waals surface area contributed by atoms with Gasteiger partial charge in [-0.2, -0.15) is 9.78 Å². The lowest BCUT2D eigenvalue weighted by molar-refractivity contribution is -0.136. The maximum absolute atomic E-state index is 12.1. The molecule has 0 aliphatic heterocycles. The standard InChI is InChI=1S/C18H26N6O3/c1-4-6-7-9-19-16(26)17(27)21-14-10-12(3)23-24(14)18-20-13(8-5-2)11-15(25)22-18/h10-11H,4-9H2,1-3H3,(H,19,26)(H,21,27)(H,20,22,25). The largest absolute Gasteiger partial charge is 0.348 e. The van der Waals surface area contributed by atoms with Gasteiger partial charge >= 0.3 is 11.8 Å². The number of unbranched alkanes of at least 4 members (excludes halogenated alkanes) is 2. The molecule has 0 spiro atoms. The Labute approximate surface area is 157 Å². The van der Waals surface area contributed by atoms with Crippen LogP contribution >= 0.6 is 0 Å². The molecule has 0 atom stereocenters. The molecule has 0 aliphatic carbocycles. The van der Waals surface area contributed by atoms with Crippen LogP contribution in [0.3, 0.4) is 0 Å². The number of hydrogen-bond acceptors (Lipinski definition) is 5. The number of anilines is 1. The first kappa shape index (κ1) is 20.3. The molecule has 146 valence electrons. The smallest absolute Gasteiger partial charge is 0.314 e. The number of amides is 2. The Hall–Kier alpha value is -2.97. The predicted molar refractivity (Wildman–Crippen MR) is 102 cm³/mol. The molecule has 2 heterocycles. The average Bonchev–Trinajstić information content (AvgIpc) is 2.98. The zero-order valence-electron chi connectivity index (χ0n) is 16.0. The number of nitrogens with one attached hydrogen (secondary N) is 3. The topological polar surface area (TPSA) is 122 Å². The van der Waals surface area contributed by atoms with E-state index in [9.17, 15) is 14.4 Å². The van der Waals surface area contributed by atoms with Crippen LogP contribution in [-0.2, 0) is 16.0 Å². The molecule has 2 rings (SSSR count). The lowest BCUT2D eigenvalue weighted by Gasteiger charge is -2.09. The Bertz CT molecular complexity index is 855. The lowest BCUT2D eigenvalue weighted by atomic mass is 10.2. The van der Waals surface area contributed by atoms with Gasteiger partial charge in [-0.25, -0.2) is 4.98 Å². The van der Waals surface area contributed by atoms with E-state index in [4.69, 9.17) is 0 Å². The summed E-state index contributed by atoms with van der Waals surface area (Å²) in [4.78, 5) is 43.0. The predicted octanol–water partition coefficient (Wildman–Crippen LogP) is 1.46. The van der Waals surface area contributed by atoms with E-state index in [0.717, 1.165) is 25.7 Å². The van der Waals surface area contributed by atoms with Crippen molar-refractivity contribution in [1.82, 2.24) is 25.1 Å². The van der Waals surface area contributed by atoms with E-state index in [1.54, 1.807) is 13.0 Å².